The zero-order valence-electron chi connectivity index (χ0n) is 14.0. The number of amides is 1. The number of anilines is 1. The first kappa shape index (κ1) is 17.6. The molecule has 0 unspecified atom stereocenters. The van der Waals surface area contributed by atoms with Crippen LogP contribution < -0.4 is 5.32 Å². The summed E-state index contributed by atoms with van der Waals surface area (Å²) in [6.07, 6.45) is 0. The first-order valence-corrected chi connectivity index (χ1v) is 8.02. The molecule has 2 N–H and O–H groups in total. The second-order valence-corrected chi connectivity index (χ2v) is 6.12. The lowest BCUT2D eigenvalue weighted by molar-refractivity contribution is -0.389. The maximum absolute atomic E-state index is 12.3. The van der Waals surface area contributed by atoms with Crippen molar-refractivity contribution in [3.63, 3.8) is 0 Å². The van der Waals surface area contributed by atoms with Gasteiger partial charge in [-0.3, -0.25) is 9.48 Å². The molecule has 26 heavy (non-hydrogen) atoms. The fourth-order valence-electron chi connectivity index (χ4n) is 2.54. The van der Waals surface area contributed by atoms with E-state index in [9.17, 15) is 14.9 Å². The van der Waals surface area contributed by atoms with Crippen molar-refractivity contribution < 1.29 is 9.72 Å². The summed E-state index contributed by atoms with van der Waals surface area (Å²) in [5.74, 6) is -0.900. The molecule has 0 saturated heterocycles. The van der Waals surface area contributed by atoms with Crippen LogP contribution in [0.25, 0.3) is 0 Å². The van der Waals surface area contributed by atoms with Crippen LogP contribution in [0.5, 0.6) is 0 Å². The van der Waals surface area contributed by atoms with Crippen molar-refractivity contribution in [2.75, 3.05) is 5.32 Å². The van der Waals surface area contributed by atoms with Gasteiger partial charge in [0.25, 0.3) is 5.91 Å². The number of nitrogens with one attached hydrogen (secondary N) is 2. The predicted molar refractivity (Wildman–Crippen MR) is 95.5 cm³/mol. The number of benzene rings is 1. The van der Waals surface area contributed by atoms with E-state index in [1.807, 2.05) is 25.1 Å². The molecular formula is C16H15ClN6O3. The van der Waals surface area contributed by atoms with Crippen molar-refractivity contribution in [1.29, 1.82) is 0 Å². The Morgan fingerprint density at radius 2 is 2.15 bits per heavy atom. The Kier molecular flexibility index (Phi) is 4.72. The Balaban J connectivity index is 1.81. The highest BCUT2D eigenvalue weighted by Crippen LogP contribution is 2.22. The first-order chi connectivity index (χ1) is 12.3. The molecule has 0 aliphatic heterocycles. The van der Waals surface area contributed by atoms with E-state index in [0.717, 1.165) is 17.3 Å². The largest absolute Gasteiger partial charge is 0.358 e. The average molecular weight is 375 g/mol. The lowest BCUT2D eigenvalue weighted by Gasteiger charge is -2.06. The number of aromatic nitrogens is 4. The molecule has 2 heterocycles. The van der Waals surface area contributed by atoms with Gasteiger partial charge in [0.05, 0.1) is 29.7 Å². The minimum absolute atomic E-state index is 0.0712. The van der Waals surface area contributed by atoms with Gasteiger partial charge in [-0.1, -0.05) is 28.8 Å². The normalized spacial score (nSPS) is 10.7. The quantitative estimate of drug-likeness (QED) is 0.525. The number of hydrogen-bond donors (Lipinski definition) is 2. The van der Waals surface area contributed by atoms with Crippen molar-refractivity contribution in [3.8, 4) is 0 Å². The average Bonchev–Trinajstić information content (AvgIpc) is 3.17. The number of H-pyrrole nitrogens is 1. The summed E-state index contributed by atoms with van der Waals surface area (Å²) in [7, 11) is 0. The van der Waals surface area contributed by atoms with Crippen molar-refractivity contribution in [2.45, 2.75) is 20.4 Å². The van der Waals surface area contributed by atoms with E-state index in [4.69, 9.17) is 11.6 Å². The molecule has 0 fully saturated rings. The molecule has 10 heteroatoms. The molecule has 0 atom stereocenters. The Hall–Kier alpha value is -3.20. The number of nitrogens with zero attached hydrogens (tertiary/aromatic N) is 4. The highest BCUT2D eigenvalue weighted by Gasteiger charge is 2.20. The highest BCUT2D eigenvalue weighted by atomic mass is 35.5. The first-order valence-electron chi connectivity index (χ1n) is 7.64. The third-order valence-electron chi connectivity index (χ3n) is 3.84. The van der Waals surface area contributed by atoms with Gasteiger partial charge in [-0.2, -0.15) is 5.10 Å². The van der Waals surface area contributed by atoms with Crippen LogP contribution in [0.1, 0.15) is 27.4 Å². The smallest absolute Gasteiger partial charge is 0.343 e. The summed E-state index contributed by atoms with van der Waals surface area (Å²) < 4.78 is 1.75. The predicted octanol–water partition coefficient (Wildman–Crippen LogP) is 3.09. The fraction of sp³-hybridized carbons (Fsp3) is 0.188. The lowest BCUT2D eigenvalue weighted by atomic mass is 10.2. The van der Waals surface area contributed by atoms with E-state index in [1.165, 1.54) is 0 Å². The van der Waals surface area contributed by atoms with E-state index in [1.54, 1.807) is 17.7 Å². The summed E-state index contributed by atoms with van der Waals surface area (Å²) in [6.45, 7) is 4.09. The molecule has 3 aromatic rings. The molecule has 1 aromatic carbocycles. The number of hydrogen-bond acceptors (Lipinski definition) is 5. The Morgan fingerprint density at radius 3 is 2.81 bits per heavy atom. The highest BCUT2D eigenvalue weighted by molar-refractivity contribution is 6.30. The number of aryl methyl sites for hydroxylation is 1. The van der Waals surface area contributed by atoms with Crippen molar-refractivity contribution in [2.24, 2.45) is 0 Å². The molecule has 3 rings (SSSR count). The van der Waals surface area contributed by atoms with Gasteiger partial charge in [-0.05, 0) is 36.5 Å². The molecule has 0 aliphatic carbocycles. The minimum atomic E-state index is -0.650. The second-order valence-electron chi connectivity index (χ2n) is 5.68. The number of carbonyl (C=O) groups is 1. The fourth-order valence-corrected chi connectivity index (χ4v) is 2.75. The van der Waals surface area contributed by atoms with E-state index >= 15 is 0 Å². The van der Waals surface area contributed by atoms with Crippen LogP contribution in [0, 0.1) is 24.0 Å². The van der Waals surface area contributed by atoms with Crippen LogP contribution in [-0.2, 0) is 6.54 Å². The molecule has 9 nitrogen and oxygen atoms in total. The summed E-state index contributed by atoms with van der Waals surface area (Å²) in [6, 6.07) is 8.51. The molecule has 0 saturated carbocycles. The summed E-state index contributed by atoms with van der Waals surface area (Å²) in [5.41, 5.74) is 2.83. The topological polar surface area (TPSA) is 119 Å². The molecule has 2 aromatic heterocycles. The van der Waals surface area contributed by atoms with Crippen molar-refractivity contribution in [1.82, 2.24) is 20.0 Å². The monoisotopic (exact) mass is 374 g/mol. The molecular weight excluding hydrogens is 360 g/mol. The maximum atomic E-state index is 12.3. The van der Waals surface area contributed by atoms with Crippen LogP contribution in [0.2, 0.25) is 5.02 Å². The molecule has 0 spiro atoms. The van der Waals surface area contributed by atoms with Gasteiger partial charge in [0, 0.05) is 5.02 Å². The van der Waals surface area contributed by atoms with Crippen molar-refractivity contribution in [3.05, 3.63) is 68.1 Å². The van der Waals surface area contributed by atoms with Gasteiger partial charge in [0.15, 0.2) is 5.69 Å². The number of carbonyl (C=O) groups excluding carboxylic acids is 1. The Bertz CT molecular complexity index is 994. The summed E-state index contributed by atoms with van der Waals surface area (Å²) in [5, 5.41) is 24.3. The SMILES string of the molecule is Cc1nn(Cc2cccc(Cl)c2)c(C)c1NC(=O)c1cc([N+](=O)[O-])[nH]n1. The zero-order chi connectivity index (χ0) is 18.8. The van der Waals surface area contributed by atoms with Gasteiger partial charge in [0.2, 0.25) is 0 Å². The second kappa shape index (κ2) is 6.96. The van der Waals surface area contributed by atoms with Gasteiger partial charge in [-0.15, -0.1) is 5.10 Å². The molecule has 134 valence electrons. The van der Waals surface area contributed by atoms with E-state index < -0.39 is 10.8 Å². The van der Waals surface area contributed by atoms with E-state index in [2.05, 4.69) is 20.6 Å². The number of halogens is 1. The van der Waals surface area contributed by atoms with Crippen LogP contribution in [0.4, 0.5) is 11.5 Å². The Labute approximate surface area is 153 Å². The number of aromatic amines is 1. The van der Waals surface area contributed by atoms with E-state index in [-0.39, 0.29) is 11.5 Å². The van der Waals surface area contributed by atoms with E-state index in [0.29, 0.717) is 22.9 Å². The summed E-state index contributed by atoms with van der Waals surface area (Å²) in [4.78, 5) is 22.3. The maximum Gasteiger partial charge on any atom is 0.343 e. The van der Waals surface area contributed by atoms with Crippen LogP contribution in [0.3, 0.4) is 0 Å². The number of rotatable bonds is 5. The molecule has 0 bridgehead atoms. The zero-order valence-corrected chi connectivity index (χ0v) is 14.7. The van der Waals surface area contributed by atoms with Crippen molar-refractivity contribution >= 4 is 29.0 Å². The van der Waals surface area contributed by atoms with Gasteiger partial charge in [0.1, 0.15) is 0 Å². The summed E-state index contributed by atoms with van der Waals surface area (Å²) >= 11 is 6.00. The standard InChI is InChI=1S/C16H15ClN6O3/c1-9-15(18-16(24)13-7-14(20-19-13)23(25)26)10(2)22(21-9)8-11-4-3-5-12(17)6-11/h3-7H,8H2,1-2H3,(H,18,24)(H,19,20). The minimum Gasteiger partial charge on any atom is -0.358 e. The van der Waals surface area contributed by atoms with Crippen LogP contribution in [0.15, 0.2) is 30.3 Å². The van der Waals surface area contributed by atoms with Crippen LogP contribution >= 0.6 is 11.6 Å². The van der Waals surface area contributed by atoms with Gasteiger partial charge >= 0.3 is 5.82 Å². The molecule has 1 amide bonds. The van der Waals surface area contributed by atoms with Gasteiger partial charge < -0.3 is 15.4 Å². The number of nitro groups is 1. The molecule has 0 aliphatic rings. The third-order valence-corrected chi connectivity index (χ3v) is 4.07. The third kappa shape index (κ3) is 3.57. The lowest BCUT2D eigenvalue weighted by Crippen LogP contribution is -2.14. The van der Waals surface area contributed by atoms with Crippen LogP contribution in [-0.4, -0.2) is 30.8 Å². The Morgan fingerprint density at radius 1 is 1.38 bits per heavy atom. The van der Waals surface area contributed by atoms with Gasteiger partial charge in [-0.25, -0.2) is 0 Å². The molecule has 0 radical (unpaired) electrons.